The highest BCUT2D eigenvalue weighted by Crippen LogP contribution is 2.35. The molecule has 46 heavy (non-hydrogen) atoms. The Morgan fingerprint density at radius 3 is 2.28 bits per heavy atom. The van der Waals surface area contributed by atoms with Gasteiger partial charge in [0.2, 0.25) is 21.8 Å². The average molecular weight is 681 g/mol. The minimum Gasteiger partial charge on any atom is -0.390 e. The van der Waals surface area contributed by atoms with Gasteiger partial charge in [0.15, 0.2) is 0 Å². The number of carbonyl (C=O) groups is 2. The first-order chi connectivity index (χ1) is 21.4. The van der Waals surface area contributed by atoms with Crippen LogP contribution in [0.25, 0.3) is 5.69 Å². The summed E-state index contributed by atoms with van der Waals surface area (Å²) in [6.45, 7) is 13.7. The molecule has 0 bridgehead atoms. The number of sulfonamides is 1. The number of aromatic nitrogens is 2. The van der Waals surface area contributed by atoms with Crippen molar-refractivity contribution in [3.63, 3.8) is 0 Å². The fourth-order valence-corrected chi connectivity index (χ4v) is 8.16. The molecule has 14 heteroatoms. The maximum Gasteiger partial charge on any atom is 0.248 e. The van der Waals surface area contributed by atoms with Gasteiger partial charge in [-0.3, -0.25) is 14.5 Å². The topological polar surface area (TPSA) is 137 Å². The molecular weight excluding hydrogens is 632 g/mol. The van der Waals surface area contributed by atoms with Gasteiger partial charge in [0.1, 0.15) is 11.6 Å². The number of piperazine rings is 1. The van der Waals surface area contributed by atoms with E-state index in [1.807, 2.05) is 32.4 Å². The van der Waals surface area contributed by atoms with Crippen LogP contribution in [0.4, 0.5) is 0 Å². The van der Waals surface area contributed by atoms with Crippen LogP contribution in [0.3, 0.4) is 0 Å². The summed E-state index contributed by atoms with van der Waals surface area (Å²) in [6, 6.07) is 5.92. The van der Waals surface area contributed by atoms with E-state index < -0.39 is 27.7 Å². The molecule has 3 saturated heterocycles. The number of halogens is 1. The number of nitrogens with zero attached hydrogens (tertiary/aromatic N) is 5. The summed E-state index contributed by atoms with van der Waals surface area (Å²) in [6.07, 6.45) is 1.80. The van der Waals surface area contributed by atoms with Crippen molar-refractivity contribution in [2.45, 2.75) is 89.4 Å². The molecule has 1 aromatic heterocycles. The zero-order chi connectivity index (χ0) is 32.5. The van der Waals surface area contributed by atoms with Gasteiger partial charge < -0.3 is 20.1 Å². The van der Waals surface area contributed by atoms with E-state index in [1.54, 1.807) is 29.2 Å². The minimum atomic E-state index is -3.58. The van der Waals surface area contributed by atoms with E-state index in [9.17, 15) is 23.1 Å². The number of morpholine rings is 1. The maximum absolute atomic E-state index is 13.6. The summed E-state index contributed by atoms with van der Waals surface area (Å²) in [4.78, 5) is 31.6. The first-order valence-electron chi connectivity index (χ1n) is 16.2. The number of ether oxygens (including phenoxy) is 1. The number of aliphatic hydroxyl groups is 1. The Balaban J connectivity index is 0.00000480. The Morgan fingerprint density at radius 2 is 1.70 bits per heavy atom. The predicted octanol–water partition coefficient (Wildman–Crippen LogP) is 2.41. The highest BCUT2D eigenvalue weighted by molar-refractivity contribution is 7.89. The molecule has 3 aliphatic rings. The van der Waals surface area contributed by atoms with Gasteiger partial charge in [-0.15, -0.1) is 12.4 Å². The van der Waals surface area contributed by atoms with E-state index in [4.69, 9.17) is 9.84 Å². The number of benzene rings is 1. The molecule has 2 N–H and O–H groups in total. The van der Waals surface area contributed by atoms with Gasteiger partial charge in [0.25, 0.3) is 0 Å². The molecule has 2 amide bonds. The third kappa shape index (κ3) is 6.86. The number of carbonyl (C=O) groups excluding carboxylic acids is 2. The van der Waals surface area contributed by atoms with Crippen LogP contribution in [-0.2, 0) is 30.9 Å². The molecule has 0 radical (unpaired) electrons. The molecule has 2 atom stereocenters. The zero-order valence-electron chi connectivity index (χ0n) is 27.6. The number of likely N-dealkylation sites (tertiary alicyclic amines) is 1. The van der Waals surface area contributed by atoms with E-state index in [0.29, 0.717) is 65.3 Å². The van der Waals surface area contributed by atoms with Gasteiger partial charge in [-0.1, -0.05) is 27.2 Å². The van der Waals surface area contributed by atoms with E-state index in [0.717, 1.165) is 35.5 Å². The molecule has 256 valence electrons. The molecule has 1 spiro atoms. The van der Waals surface area contributed by atoms with Crippen LogP contribution in [0.5, 0.6) is 0 Å². The second-order valence-electron chi connectivity index (χ2n) is 12.9. The first-order valence-corrected chi connectivity index (χ1v) is 17.6. The monoisotopic (exact) mass is 680 g/mol. The molecular formula is C32H49ClN6O6S. The van der Waals surface area contributed by atoms with Crippen LogP contribution in [-0.4, -0.2) is 113 Å². The number of aliphatic hydroxyl groups excluding tert-OH is 1. The second kappa shape index (κ2) is 14.7. The van der Waals surface area contributed by atoms with E-state index >= 15 is 0 Å². The summed E-state index contributed by atoms with van der Waals surface area (Å²) in [7, 11) is -3.58. The van der Waals surface area contributed by atoms with Crippen molar-refractivity contribution in [2.75, 3.05) is 45.9 Å². The highest BCUT2D eigenvalue weighted by Gasteiger charge is 2.54. The number of piperidine rings is 1. The lowest BCUT2D eigenvalue weighted by Gasteiger charge is -2.52. The van der Waals surface area contributed by atoms with Crippen molar-refractivity contribution >= 4 is 34.2 Å². The van der Waals surface area contributed by atoms with Crippen molar-refractivity contribution in [1.29, 1.82) is 0 Å². The van der Waals surface area contributed by atoms with E-state index in [1.165, 1.54) is 4.31 Å². The minimum absolute atomic E-state index is 0. The third-order valence-corrected chi connectivity index (χ3v) is 11.6. The molecule has 3 aliphatic heterocycles. The summed E-state index contributed by atoms with van der Waals surface area (Å²) in [5.74, 6) is -0.507. The quantitative estimate of drug-likeness (QED) is 0.391. The van der Waals surface area contributed by atoms with Crippen molar-refractivity contribution in [3.05, 3.63) is 41.2 Å². The van der Waals surface area contributed by atoms with Crippen LogP contribution in [0.1, 0.15) is 63.4 Å². The normalized spacial score (nSPS) is 21.8. The fourth-order valence-electron chi connectivity index (χ4n) is 6.75. The van der Waals surface area contributed by atoms with Crippen molar-refractivity contribution < 1.29 is 27.9 Å². The van der Waals surface area contributed by atoms with Crippen LogP contribution < -0.4 is 5.32 Å². The van der Waals surface area contributed by atoms with E-state index in [2.05, 4.69) is 17.1 Å². The number of amides is 2. The molecule has 0 aliphatic carbocycles. The van der Waals surface area contributed by atoms with Gasteiger partial charge in [-0.05, 0) is 63.3 Å². The van der Waals surface area contributed by atoms with Crippen LogP contribution in [0, 0.1) is 19.8 Å². The molecule has 0 saturated carbocycles. The Bertz CT molecular complexity index is 1480. The zero-order valence-corrected chi connectivity index (χ0v) is 29.2. The molecule has 5 rings (SSSR count). The van der Waals surface area contributed by atoms with Gasteiger partial charge in [0.05, 0.1) is 35.6 Å². The van der Waals surface area contributed by atoms with Gasteiger partial charge in [-0.25, -0.2) is 13.1 Å². The smallest absolute Gasteiger partial charge is 0.248 e. The number of hydrogen-bond donors (Lipinski definition) is 2. The first kappa shape index (κ1) is 36.3. The van der Waals surface area contributed by atoms with Crippen molar-refractivity contribution in [3.8, 4) is 5.69 Å². The average Bonchev–Trinajstić information content (AvgIpc) is 3.32. The van der Waals surface area contributed by atoms with Crippen molar-refractivity contribution in [1.82, 2.24) is 29.2 Å². The summed E-state index contributed by atoms with van der Waals surface area (Å²) in [5, 5.41) is 18.4. The van der Waals surface area contributed by atoms with Crippen LogP contribution in [0.2, 0.25) is 0 Å². The number of nitrogens with one attached hydrogen (secondary N) is 1. The molecule has 1 aromatic carbocycles. The molecule has 4 heterocycles. The van der Waals surface area contributed by atoms with Gasteiger partial charge in [-0.2, -0.15) is 9.40 Å². The molecule has 0 unspecified atom stereocenters. The highest BCUT2D eigenvalue weighted by atomic mass is 35.5. The standard InChI is InChI=1S/C32H48N6O6S.ClH/c1-6-7-14-37-30(40)28(29(39)22(2)3)33-31(41)32(37)12-15-35(16-13-32)21-27-23(4)34-38(24(27)5)25-8-10-26(11-9-25)45(42,43)36-17-19-44-20-18-36;/h8-11,22,28-29,39H,6-7,12-21H2,1-5H3,(H,33,41);1H/t28-,29-;/m1./s1. The second-order valence-corrected chi connectivity index (χ2v) is 14.8. The summed E-state index contributed by atoms with van der Waals surface area (Å²) < 4.78 is 34.7. The lowest BCUT2D eigenvalue weighted by atomic mass is 9.80. The summed E-state index contributed by atoms with van der Waals surface area (Å²) >= 11 is 0. The fraction of sp³-hybridized carbons (Fsp3) is 0.656. The number of aryl methyl sites for hydroxylation is 1. The maximum atomic E-state index is 13.6. The third-order valence-electron chi connectivity index (χ3n) is 9.71. The lowest BCUT2D eigenvalue weighted by Crippen LogP contribution is -2.74. The number of rotatable bonds is 10. The Morgan fingerprint density at radius 1 is 1.07 bits per heavy atom. The Hall–Kier alpha value is -2.55. The number of unbranched alkanes of at least 4 members (excludes halogenated alkanes) is 1. The molecule has 3 fully saturated rings. The lowest BCUT2D eigenvalue weighted by molar-refractivity contribution is -0.165. The Labute approximate surface area is 278 Å². The van der Waals surface area contributed by atoms with E-state index in [-0.39, 0.29) is 35.0 Å². The van der Waals surface area contributed by atoms with Crippen molar-refractivity contribution in [2.24, 2.45) is 5.92 Å². The molecule has 12 nitrogen and oxygen atoms in total. The van der Waals surface area contributed by atoms with Crippen LogP contribution in [0.15, 0.2) is 29.2 Å². The van der Waals surface area contributed by atoms with Gasteiger partial charge >= 0.3 is 0 Å². The number of hydrogen-bond acceptors (Lipinski definition) is 8. The van der Waals surface area contributed by atoms with Crippen LogP contribution >= 0.6 is 12.4 Å². The molecule has 2 aromatic rings. The van der Waals surface area contributed by atoms with Gasteiger partial charge in [0, 0.05) is 50.5 Å². The predicted molar refractivity (Wildman–Crippen MR) is 177 cm³/mol. The Kier molecular flexibility index (Phi) is 11.6. The summed E-state index contributed by atoms with van der Waals surface area (Å²) in [5.41, 5.74) is 2.81. The largest absolute Gasteiger partial charge is 0.390 e. The SMILES string of the molecule is CCCCN1C(=O)[C@@H]([C@H](O)C(C)C)NC(=O)C12CCN(Cc1c(C)nn(-c3ccc(S(=O)(=O)N4CCOCC4)cc3)c1C)CC2.Cl.